The van der Waals surface area contributed by atoms with Gasteiger partial charge in [0.25, 0.3) is 0 Å². The van der Waals surface area contributed by atoms with Gasteiger partial charge in [0.2, 0.25) is 0 Å². The number of nitrogens with one attached hydrogen (secondary N) is 1. The highest BCUT2D eigenvalue weighted by Gasteiger charge is 2.65. The van der Waals surface area contributed by atoms with Gasteiger partial charge in [-0.2, -0.15) is 0 Å². The van der Waals surface area contributed by atoms with Gasteiger partial charge in [0, 0.05) is 18.5 Å². The minimum atomic E-state index is -0.472. The van der Waals surface area contributed by atoms with Crippen molar-refractivity contribution in [2.24, 2.45) is 29.4 Å². The number of carbonyl (C=O) groups excluding carboxylic acids is 1. The molecule has 6 nitrogen and oxygen atoms in total. The Labute approximate surface area is 203 Å². The predicted molar refractivity (Wildman–Crippen MR) is 129 cm³/mol. The Morgan fingerprint density at radius 3 is 2.41 bits per heavy atom. The van der Waals surface area contributed by atoms with Gasteiger partial charge in [-0.05, 0) is 119 Å². The summed E-state index contributed by atoms with van der Waals surface area (Å²) in [6.45, 7) is 4.09. The number of hydrogen-bond acceptors (Lipinski definition) is 5. The Kier molecular flexibility index (Phi) is 5.51. The van der Waals surface area contributed by atoms with Crippen molar-refractivity contribution in [3.8, 4) is 5.75 Å². The zero-order valence-electron chi connectivity index (χ0n) is 20.7. The number of hydrogen-bond donors (Lipinski definition) is 2. The highest BCUT2D eigenvalue weighted by atomic mass is 17.2. The van der Waals surface area contributed by atoms with E-state index in [1.54, 1.807) is 0 Å². The predicted octanol–water partition coefficient (Wildman–Crippen LogP) is 5.46. The Morgan fingerprint density at radius 1 is 1.09 bits per heavy atom. The molecule has 5 aliphatic carbocycles. The fraction of sp³-hybridized carbons (Fsp3) is 0.750. The first-order chi connectivity index (χ1) is 16.2. The molecule has 6 aliphatic rings. The second kappa shape index (κ2) is 8.21. The van der Waals surface area contributed by atoms with Crippen LogP contribution in [0.2, 0.25) is 0 Å². The van der Waals surface area contributed by atoms with Crippen LogP contribution in [0.4, 0.5) is 4.79 Å². The molecule has 0 radical (unpaired) electrons. The van der Waals surface area contributed by atoms with Gasteiger partial charge in [0.15, 0.2) is 0 Å². The molecule has 2 atom stereocenters. The van der Waals surface area contributed by atoms with Crippen LogP contribution in [0.1, 0.15) is 89.5 Å². The van der Waals surface area contributed by atoms with Crippen molar-refractivity contribution in [3.05, 3.63) is 29.8 Å². The molecule has 1 amide bonds. The minimum absolute atomic E-state index is 0.0154. The SMILES string of the molecule is CC(C)(N)CNC(=O)Oc1ccc(C2CCC[C@@]3(C2)CC2(OO3)C3CC4CC(C3)CC2C4)cc1. The summed E-state index contributed by atoms with van der Waals surface area (Å²) in [5.74, 6) is 4.29. The summed E-state index contributed by atoms with van der Waals surface area (Å²) in [5.41, 5.74) is 6.59. The van der Waals surface area contributed by atoms with Crippen LogP contribution in [-0.4, -0.2) is 29.4 Å². The van der Waals surface area contributed by atoms with Crippen molar-refractivity contribution in [1.29, 1.82) is 0 Å². The molecule has 34 heavy (non-hydrogen) atoms. The Morgan fingerprint density at radius 2 is 1.76 bits per heavy atom. The summed E-state index contributed by atoms with van der Waals surface area (Å²) in [5, 5.41) is 2.72. The molecule has 1 aliphatic heterocycles. The standard InChI is InChI=1S/C28H40N2O4/c1-26(2,29)17-30-25(31)32-24-7-5-20(6-8-24)21-4-3-9-27(15-21)16-28(34-33-27)22-11-18-10-19(13-22)14-23(28)12-18/h5-8,18-19,21-23H,3-4,9-17,29H2,1-2H3,(H,30,31)/t18?,19?,21?,22?,23?,27-,28?/m1/s1. The van der Waals surface area contributed by atoms with Gasteiger partial charge in [-0.3, -0.25) is 0 Å². The Balaban J connectivity index is 1.10. The topological polar surface area (TPSA) is 82.8 Å². The van der Waals surface area contributed by atoms with Crippen LogP contribution in [0.15, 0.2) is 24.3 Å². The molecule has 2 spiro atoms. The van der Waals surface area contributed by atoms with Crippen molar-refractivity contribution in [1.82, 2.24) is 5.32 Å². The van der Waals surface area contributed by atoms with Crippen LogP contribution >= 0.6 is 0 Å². The lowest BCUT2D eigenvalue weighted by Gasteiger charge is -2.58. The van der Waals surface area contributed by atoms with Gasteiger partial charge in [0.05, 0.1) is 0 Å². The molecule has 6 fully saturated rings. The van der Waals surface area contributed by atoms with Gasteiger partial charge < -0.3 is 15.8 Å². The third-order valence-electron chi connectivity index (χ3n) is 9.55. The number of amides is 1. The lowest BCUT2D eigenvalue weighted by molar-refractivity contribution is -0.385. The van der Waals surface area contributed by atoms with Crippen molar-refractivity contribution >= 4 is 6.09 Å². The van der Waals surface area contributed by atoms with Crippen molar-refractivity contribution in [2.45, 2.75) is 101 Å². The van der Waals surface area contributed by atoms with Crippen molar-refractivity contribution < 1.29 is 19.3 Å². The summed E-state index contributed by atoms with van der Waals surface area (Å²) >= 11 is 0. The van der Waals surface area contributed by atoms with E-state index in [2.05, 4.69) is 17.4 Å². The molecule has 1 heterocycles. The largest absolute Gasteiger partial charge is 0.412 e. The van der Waals surface area contributed by atoms with Gasteiger partial charge in [-0.25, -0.2) is 14.6 Å². The van der Waals surface area contributed by atoms with Crippen molar-refractivity contribution in [3.63, 3.8) is 0 Å². The third-order valence-corrected chi connectivity index (χ3v) is 9.55. The number of nitrogens with two attached hydrogens (primary N) is 1. The summed E-state index contributed by atoms with van der Waals surface area (Å²) in [6, 6.07) is 8.01. The van der Waals surface area contributed by atoms with Crippen LogP contribution in [-0.2, 0) is 9.78 Å². The van der Waals surface area contributed by atoms with Gasteiger partial charge in [0.1, 0.15) is 17.0 Å². The van der Waals surface area contributed by atoms with Crippen LogP contribution in [0, 0.1) is 23.7 Å². The van der Waals surface area contributed by atoms with E-state index in [0.717, 1.165) is 31.1 Å². The molecule has 6 heteroatoms. The van der Waals surface area contributed by atoms with Crippen LogP contribution in [0.3, 0.4) is 0 Å². The molecule has 7 rings (SSSR count). The van der Waals surface area contributed by atoms with Crippen LogP contribution in [0.5, 0.6) is 5.75 Å². The van der Waals surface area contributed by atoms with E-state index in [4.69, 9.17) is 20.2 Å². The van der Waals surface area contributed by atoms with Crippen LogP contribution in [0.25, 0.3) is 0 Å². The normalized spacial score (nSPS) is 40.7. The van der Waals surface area contributed by atoms with E-state index in [1.807, 2.05) is 26.0 Å². The van der Waals surface area contributed by atoms with Gasteiger partial charge in [-0.1, -0.05) is 12.1 Å². The monoisotopic (exact) mass is 468 g/mol. The molecule has 4 bridgehead atoms. The lowest BCUT2D eigenvalue weighted by Crippen LogP contribution is -2.58. The van der Waals surface area contributed by atoms with E-state index in [1.165, 1.54) is 50.5 Å². The fourth-order valence-corrected chi connectivity index (χ4v) is 8.23. The second-order valence-corrected chi connectivity index (χ2v) is 12.9. The molecule has 186 valence electrons. The van der Waals surface area contributed by atoms with Crippen molar-refractivity contribution in [2.75, 3.05) is 6.54 Å². The Bertz CT molecular complexity index is 895. The van der Waals surface area contributed by atoms with Gasteiger partial charge >= 0.3 is 6.09 Å². The van der Waals surface area contributed by atoms with Gasteiger partial charge in [-0.15, -0.1) is 0 Å². The minimum Gasteiger partial charge on any atom is -0.410 e. The molecule has 1 unspecified atom stereocenters. The molecule has 1 aromatic carbocycles. The Hall–Kier alpha value is -1.63. The summed E-state index contributed by atoms with van der Waals surface area (Å²) in [4.78, 5) is 24.8. The zero-order chi connectivity index (χ0) is 23.6. The number of carbonyl (C=O) groups is 1. The average molecular weight is 469 g/mol. The maximum absolute atomic E-state index is 12.0. The number of ether oxygens (including phenoxy) is 1. The van der Waals surface area contributed by atoms with E-state index in [0.29, 0.717) is 30.0 Å². The van der Waals surface area contributed by atoms with E-state index in [9.17, 15) is 4.79 Å². The molecule has 5 saturated carbocycles. The van der Waals surface area contributed by atoms with E-state index in [-0.39, 0.29) is 11.2 Å². The summed E-state index contributed by atoms with van der Waals surface area (Å²) in [6.07, 6.45) is 12.0. The molecule has 1 aromatic rings. The summed E-state index contributed by atoms with van der Waals surface area (Å²) < 4.78 is 5.42. The summed E-state index contributed by atoms with van der Waals surface area (Å²) in [7, 11) is 0. The molecule has 0 aromatic heterocycles. The highest BCUT2D eigenvalue weighted by molar-refractivity contribution is 5.70. The average Bonchev–Trinajstić information content (AvgIpc) is 3.15. The van der Waals surface area contributed by atoms with Crippen LogP contribution < -0.4 is 15.8 Å². The maximum atomic E-state index is 12.0. The second-order valence-electron chi connectivity index (χ2n) is 12.9. The highest BCUT2D eigenvalue weighted by Crippen LogP contribution is 2.65. The first-order valence-corrected chi connectivity index (χ1v) is 13.4. The third kappa shape index (κ3) is 4.16. The number of rotatable bonds is 4. The molecular weight excluding hydrogens is 428 g/mol. The first-order valence-electron chi connectivity index (χ1n) is 13.4. The molecule has 3 N–H and O–H groups in total. The fourth-order valence-electron chi connectivity index (χ4n) is 8.23. The zero-order valence-corrected chi connectivity index (χ0v) is 20.7. The maximum Gasteiger partial charge on any atom is 0.412 e. The number of benzene rings is 1. The quantitative estimate of drug-likeness (QED) is 0.574. The molecule has 1 saturated heterocycles. The van der Waals surface area contributed by atoms with E-state index < -0.39 is 11.6 Å². The lowest BCUT2D eigenvalue weighted by atomic mass is 9.48. The smallest absolute Gasteiger partial charge is 0.410 e. The first kappa shape index (κ1) is 22.8. The van der Waals surface area contributed by atoms with E-state index >= 15 is 0 Å². The molecular formula is C28H40N2O4.